The van der Waals surface area contributed by atoms with Crippen LogP contribution in [0.5, 0.6) is 0 Å². The second-order valence-electron chi connectivity index (χ2n) is 9.66. The Morgan fingerprint density at radius 3 is 2.44 bits per heavy atom. The lowest BCUT2D eigenvalue weighted by atomic mass is 10.2. The third-order valence-corrected chi connectivity index (χ3v) is 8.90. The zero-order valence-electron chi connectivity index (χ0n) is 20.3. The first kappa shape index (κ1) is 25.1. The second-order valence-corrected chi connectivity index (χ2v) is 11.4. The molecule has 34 heavy (non-hydrogen) atoms. The normalized spacial score (nSPS) is 21.5. The number of nitrogens with zero attached hydrogens (tertiary/aromatic N) is 3. The summed E-state index contributed by atoms with van der Waals surface area (Å²) in [5, 5.41) is 0. The highest BCUT2D eigenvalue weighted by Crippen LogP contribution is 2.31. The van der Waals surface area contributed by atoms with Gasteiger partial charge >= 0.3 is 0 Å². The highest BCUT2D eigenvalue weighted by Gasteiger charge is 2.29. The zero-order valence-corrected chi connectivity index (χ0v) is 21.1. The van der Waals surface area contributed by atoms with Crippen molar-refractivity contribution in [1.29, 1.82) is 0 Å². The summed E-state index contributed by atoms with van der Waals surface area (Å²) in [5.41, 5.74) is 1.63. The van der Waals surface area contributed by atoms with Crippen molar-refractivity contribution in [3.8, 4) is 0 Å². The summed E-state index contributed by atoms with van der Waals surface area (Å²) >= 11 is 0. The van der Waals surface area contributed by atoms with Crippen LogP contribution in [0.25, 0.3) is 0 Å². The average Bonchev–Trinajstić information content (AvgIpc) is 3.38. The van der Waals surface area contributed by atoms with E-state index >= 15 is 0 Å². The molecular weight excluding hydrogens is 452 g/mol. The summed E-state index contributed by atoms with van der Waals surface area (Å²) in [5.74, 6) is -0.0115. The fourth-order valence-electron chi connectivity index (χ4n) is 5.46. The third-order valence-electron chi connectivity index (χ3n) is 7.48. The minimum absolute atomic E-state index is 0.0612. The second kappa shape index (κ2) is 11.2. The topological polar surface area (TPSA) is 90.0 Å². The molecule has 3 heterocycles. The SMILES string of the molecule is CCN1CCC[C@H]1CNS(=O)(=O)c1ccc2c(c1)CCN2C(=O)CCC(=O)N1CCCCCC1. The maximum atomic E-state index is 12.9. The molecule has 9 heteroatoms. The maximum Gasteiger partial charge on any atom is 0.240 e. The number of carbonyl (C=O) groups is 2. The van der Waals surface area contributed by atoms with Crippen LogP contribution < -0.4 is 9.62 Å². The Balaban J connectivity index is 1.34. The van der Waals surface area contributed by atoms with Crippen LogP contribution in [0.2, 0.25) is 0 Å². The van der Waals surface area contributed by atoms with E-state index in [1.165, 1.54) is 0 Å². The first-order valence-electron chi connectivity index (χ1n) is 12.8. The molecule has 0 aliphatic carbocycles. The Morgan fingerprint density at radius 2 is 1.71 bits per heavy atom. The number of nitrogens with one attached hydrogen (secondary N) is 1. The van der Waals surface area contributed by atoms with E-state index in [9.17, 15) is 18.0 Å². The Labute approximate surface area is 203 Å². The smallest absolute Gasteiger partial charge is 0.240 e. The van der Waals surface area contributed by atoms with Crippen molar-refractivity contribution in [3.63, 3.8) is 0 Å². The molecule has 0 saturated carbocycles. The summed E-state index contributed by atoms with van der Waals surface area (Å²) < 4.78 is 28.6. The summed E-state index contributed by atoms with van der Waals surface area (Å²) in [6, 6.07) is 5.26. The van der Waals surface area contributed by atoms with Crippen molar-refractivity contribution in [3.05, 3.63) is 23.8 Å². The average molecular weight is 491 g/mol. The highest BCUT2D eigenvalue weighted by molar-refractivity contribution is 7.89. The van der Waals surface area contributed by atoms with Gasteiger partial charge in [0, 0.05) is 50.7 Å². The molecule has 1 atom stereocenters. The Hall–Kier alpha value is -1.97. The van der Waals surface area contributed by atoms with Crippen LogP contribution in [-0.4, -0.2) is 75.3 Å². The van der Waals surface area contributed by atoms with Gasteiger partial charge in [0.1, 0.15) is 0 Å². The molecule has 0 aromatic heterocycles. The number of benzene rings is 1. The minimum Gasteiger partial charge on any atom is -0.343 e. The molecule has 2 fully saturated rings. The van der Waals surface area contributed by atoms with Gasteiger partial charge in [-0.2, -0.15) is 0 Å². The lowest BCUT2D eigenvalue weighted by Crippen LogP contribution is -2.40. The first-order valence-corrected chi connectivity index (χ1v) is 14.3. The molecule has 0 bridgehead atoms. The van der Waals surface area contributed by atoms with Crippen LogP contribution in [0, 0.1) is 0 Å². The molecule has 2 saturated heterocycles. The Kier molecular flexibility index (Phi) is 8.26. The van der Waals surface area contributed by atoms with Gasteiger partial charge < -0.3 is 9.80 Å². The molecular formula is C25H38N4O4S. The molecule has 1 aromatic rings. The molecule has 1 N–H and O–H groups in total. The van der Waals surface area contributed by atoms with E-state index in [1.807, 2.05) is 4.90 Å². The standard InChI is InChI=1S/C25H38N4O4S/c1-2-27-16-7-8-21(27)19-26-34(32,33)22-9-10-23-20(18-22)13-17-29(23)25(31)12-11-24(30)28-14-5-3-4-6-15-28/h9-10,18,21,26H,2-8,11-17,19H2,1H3/t21-/m0/s1. The van der Waals surface area contributed by atoms with E-state index < -0.39 is 10.0 Å². The largest absolute Gasteiger partial charge is 0.343 e. The summed E-state index contributed by atoms with van der Waals surface area (Å²) in [6.07, 6.45) is 7.56. The monoisotopic (exact) mass is 490 g/mol. The molecule has 4 rings (SSSR count). The van der Waals surface area contributed by atoms with Gasteiger partial charge in [-0.3, -0.25) is 14.5 Å². The molecule has 8 nitrogen and oxygen atoms in total. The number of likely N-dealkylation sites (tertiary alicyclic amines) is 2. The fraction of sp³-hybridized carbons (Fsp3) is 0.680. The van der Waals surface area contributed by atoms with Gasteiger partial charge in [-0.15, -0.1) is 0 Å². The lowest BCUT2D eigenvalue weighted by molar-refractivity contribution is -0.133. The van der Waals surface area contributed by atoms with Crippen molar-refractivity contribution >= 4 is 27.5 Å². The lowest BCUT2D eigenvalue weighted by Gasteiger charge is -2.23. The quantitative estimate of drug-likeness (QED) is 0.605. The third kappa shape index (κ3) is 5.80. The fourth-order valence-corrected chi connectivity index (χ4v) is 6.59. The number of likely N-dealkylation sites (N-methyl/N-ethyl adjacent to an activating group) is 1. The number of carbonyl (C=O) groups excluding carboxylic acids is 2. The highest BCUT2D eigenvalue weighted by atomic mass is 32.2. The number of rotatable bonds is 8. The molecule has 3 aliphatic heterocycles. The number of amides is 2. The first-order chi connectivity index (χ1) is 16.4. The van der Waals surface area contributed by atoms with Crippen LogP contribution in [0.15, 0.2) is 23.1 Å². The van der Waals surface area contributed by atoms with Gasteiger partial charge in [0.15, 0.2) is 0 Å². The van der Waals surface area contributed by atoms with E-state index in [0.29, 0.717) is 19.5 Å². The molecule has 2 amide bonds. The van der Waals surface area contributed by atoms with Gasteiger partial charge in [0.05, 0.1) is 4.90 Å². The summed E-state index contributed by atoms with van der Waals surface area (Å²) in [6.45, 7) is 6.59. The molecule has 3 aliphatic rings. The van der Waals surface area contributed by atoms with Crippen LogP contribution in [0.1, 0.15) is 63.9 Å². The summed E-state index contributed by atoms with van der Waals surface area (Å²) in [4.78, 5) is 31.6. The van der Waals surface area contributed by atoms with Gasteiger partial charge in [-0.25, -0.2) is 13.1 Å². The van der Waals surface area contributed by atoms with Crippen molar-refractivity contribution < 1.29 is 18.0 Å². The predicted molar refractivity (Wildman–Crippen MR) is 132 cm³/mol. The van der Waals surface area contributed by atoms with E-state index in [2.05, 4.69) is 16.5 Å². The number of anilines is 1. The number of hydrogen-bond donors (Lipinski definition) is 1. The molecule has 188 valence electrons. The van der Waals surface area contributed by atoms with Crippen molar-refractivity contribution in [2.24, 2.45) is 0 Å². The van der Waals surface area contributed by atoms with Crippen LogP contribution in [0.4, 0.5) is 5.69 Å². The van der Waals surface area contributed by atoms with E-state index in [-0.39, 0.29) is 35.6 Å². The summed E-state index contributed by atoms with van der Waals surface area (Å²) in [7, 11) is -3.61. The van der Waals surface area contributed by atoms with Gasteiger partial charge in [-0.1, -0.05) is 19.8 Å². The minimum atomic E-state index is -3.61. The molecule has 0 unspecified atom stereocenters. The van der Waals surface area contributed by atoms with Gasteiger partial charge in [0.25, 0.3) is 0 Å². The molecule has 0 spiro atoms. The Morgan fingerprint density at radius 1 is 0.971 bits per heavy atom. The molecule has 0 radical (unpaired) electrons. The number of sulfonamides is 1. The van der Waals surface area contributed by atoms with Crippen molar-refractivity contribution in [2.75, 3.05) is 44.2 Å². The van der Waals surface area contributed by atoms with Crippen molar-refractivity contribution in [2.45, 2.75) is 75.6 Å². The predicted octanol–water partition coefficient (Wildman–Crippen LogP) is 2.52. The number of hydrogen-bond acceptors (Lipinski definition) is 5. The van der Waals surface area contributed by atoms with Crippen LogP contribution in [0.3, 0.4) is 0 Å². The Bertz CT molecular complexity index is 989. The van der Waals surface area contributed by atoms with Gasteiger partial charge in [0.2, 0.25) is 21.8 Å². The maximum absolute atomic E-state index is 12.9. The van der Waals surface area contributed by atoms with E-state index in [1.54, 1.807) is 23.1 Å². The van der Waals surface area contributed by atoms with Gasteiger partial charge in [-0.05, 0) is 69.0 Å². The van der Waals surface area contributed by atoms with E-state index in [4.69, 9.17) is 0 Å². The molecule has 1 aromatic carbocycles. The van der Waals surface area contributed by atoms with Crippen LogP contribution in [-0.2, 0) is 26.0 Å². The van der Waals surface area contributed by atoms with Crippen molar-refractivity contribution in [1.82, 2.24) is 14.5 Å². The van der Waals surface area contributed by atoms with Crippen LogP contribution >= 0.6 is 0 Å². The zero-order chi connectivity index (χ0) is 24.1. The number of fused-ring (bicyclic) bond motifs is 1. The van der Waals surface area contributed by atoms with E-state index in [0.717, 1.165) is 76.0 Å².